The Balaban J connectivity index is 1.34. The van der Waals surface area contributed by atoms with E-state index in [2.05, 4.69) is 20.7 Å². The van der Waals surface area contributed by atoms with E-state index in [-0.39, 0.29) is 30.1 Å². The van der Waals surface area contributed by atoms with Gasteiger partial charge in [-0.25, -0.2) is 22.3 Å². The van der Waals surface area contributed by atoms with Crippen molar-refractivity contribution in [2.45, 2.75) is 0 Å². The summed E-state index contributed by atoms with van der Waals surface area (Å²) >= 11 is 0. The molecule has 2 aromatic heterocycles. The number of amides is 1. The van der Waals surface area contributed by atoms with Crippen molar-refractivity contribution in [3.63, 3.8) is 0 Å². The molecule has 13 heteroatoms. The van der Waals surface area contributed by atoms with Gasteiger partial charge in [-0.3, -0.25) is 9.69 Å². The molecule has 0 bridgehead atoms. The zero-order valence-corrected chi connectivity index (χ0v) is 22.2. The standard InChI is InChI=1S/C26H29FN8O3S/c1-39(37,38)17-30-22-5-3-2-4-20(22)23-9-7-19-15-29-26(32-35(19)23)31-18-6-8-24(21(27)14-18)34-12-10-33(11-13-34)16-25(28)36/h2-9,14-15,30H,10-13,16-17H2,1H3,(H2,28,36)(H,31,32). The van der Waals surface area contributed by atoms with E-state index in [0.29, 0.717) is 43.2 Å². The maximum atomic E-state index is 15.1. The van der Waals surface area contributed by atoms with Gasteiger partial charge >= 0.3 is 0 Å². The monoisotopic (exact) mass is 552 g/mol. The Kier molecular flexibility index (Phi) is 7.35. The van der Waals surface area contributed by atoms with Crippen LogP contribution in [0.4, 0.5) is 27.4 Å². The van der Waals surface area contributed by atoms with Gasteiger partial charge in [0.05, 0.1) is 29.6 Å². The van der Waals surface area contributed by atoms with E-state index < -0.39 is 9.84 Å². The quantitative estimate of drug-likeness (QED) is 0.286. The van der Waals surface area contributed by atoms with Crippen molar-refractivity contribution in [3.8, 4) is 11.3 Å². The number of anilines is 4. The molecule has 5 rings (SSSR count). The van der Waals surface area contributed by atoms with Crippen LogP contribution in [-0.4, -0.2) is 78.7 Å². The highest BCUT2D eigenvalue weighted by Crippen LogP contribution is 2.30. The van der Waals surface area contributed by atoms with Crippen molar-refractivity contribution in [2.24, 2.45) is 5.73 Å². The predicted octanol–water partition coefficient (Wildman–Crippen LogP) is 2.30. The number of aromatic nitrogens is 3. The number of nitrogens with one attached hydrogen (secondary N) is 2. The molecule has 11 nitrogen and oxygen atoms in total. The van der Waals surface area contributed by atoms with Crippen LogP contribution in [0.1, 0.15) is 0 Å². The molecule has 0 unspecified atom stereocenters. The zero-order chi connectivity index (χ0) is 27.6. The van der Waals surface area contributed by atoms with Crippen LogP contribution in [0.3, 0.4) is 0 Å². The maximum Gasteiger partial charge on any atom is 0.245 e. The summed E-state index contributed by atoms with van der Waals surface area (Å²) in [6.07, 6.45) is 2.82. The van der Waals surface area contributed by atoms with Crippen molar-refractivity contribution in [1.82, 2.24) is 19.5 Å². The second-order valence-corrected chi connectivity index (χ2v) is 11.6. The van der Waals surface area contributed by atoms with Crippen molar-refractivity contribution < 1.29 is 17.6 Å². The van der Waals surface area contributed by atoms with Gasteiger partial charge < -0.3 is 21.3 Å². The van der Waals surface area contributed by atoms with E-state index in [1.807, 2.05) is 46.2 Å². The number of halogens is 1. The fourth-order valence-electron chi connectivity index (χ4n) is 4.57. The number of hydrogen-bond donors (Lipinski definition) is 3. The van der Waals surface area contributed by atoms with Gasteiger partial charge in [0.1, 0.15) is 11.7 Å². The summed E-state index contributed by atoms with van der Waals surface area (Å²) in [5.74, 6) is -0.671. The molecule has 4 aromatic rings. The molecule has 0 spiro atoms. The van der Waals surface area contributed by atoms with Crippen molar-refractivity contribution in [1.29, 1.82) is 0 Å². The lowest BCUT2D eigenvalue weighted by atomic mass is 10.1. The lowest BCUT2D eigenvalue weighted by Crippen LogP contribution is -2.49. The Labute approximate surface area is 225 Å². The molecule has 1 aliphatic heterocycles. The number of para-hydroxylation sites is 1. The number of carbonyl (C=O) groups is 1. The summed E-state index contributed by atoms with van der Waals surface area (Å²) in [5, 5.41) is 10.7. The third kappa shape index (κ3) is 6.26. The lowest BCUT2D eigenvalue weighted by Gasteiger charge is -2.35. The Hall–Kier alpha value is -4.23. The number of sulfone groups is 1. The molecule has 4 N–H and O–H groups in total. The van der Waals surface area contributed by atoms with Crippen LogP contribution in [0.2, 0.25) is 0 Å². The van der Waals surface area contributed by atoms with Gasteiger partial charge in [-0.2, -0.15) is 0 Å². The molecule has 1 amide bonds. The molecule has 0 aliphatic carbocycles. The van der Waals surface area contributed by atoms with E-state index >= 15 is 4.39 Å². The summed E-state index contributed by atoms with van der Waals surface area (Å²) in [6, 6.07) is 16.0. The molecule has 39 heavy (non-hydrogen) atoms. The number of primary amides is 1. The molecule has 3 heterocycles. The summed E-state index contributed by atoms with van der Waals surface area (Å²) in [5.41, 5.74) is 9.17. The SMILES string of the molecule is CS(=O)(=O)CNc1ccccc1-c1ccc2cnc(Nc3ccc(N4CCN(CC(N)=O)CC4)c(F)c3)nn12. The minimum absolute atomic E-state index is 0.195. The van der Waals surface area contributed by atoms with Crippen LogP contribution >= 0.6 is 0 Å². The minimum Gasteiger partial charge on any atom is -0.371 e. The molecule has 0 saturated carbocycles. The van der Waals surface area contributed by atoms with Gasteiger partial charge in [0.15, 0.2) is 9.84 Å². The number of rotatable bonds is 9. The number of nitrogens with two attached hydrogens (primary N) is 1. The molecule has 204 valence electrons. The number of nitrogens with zero attached hydrogens (tertiary/aromatic N) is 5. The maximum absolute atomic E-state index is 15.1. The largest absolute Gasteiger partial charge is 0.371 e. The Bertz CT molecular complexity index is 1620. The molecule has 0 radical (unpaired) electrons. The molecule has 1 aliphatic rings. The van der Waals surface area contributed by atoms with Gasteiger partial charge in [-0.1, -0.05) is 18.2 Å². The molecule has 1 saturated heterocycles. The minimum atomic E-state index is -3.22. The van der Waals surface area contributed by atoms with Crippen LogP contribution < -0.4 is 21.3 Å². The number of fused-ring (bicyclic) bond motifs is 1. The second-order valence-electron chi connectivity index (χ2n) is 9.45. The highest BCUT2D eigenvalue weighted by molar-refractivity contribution is 7.90. The van der Waals surface area contributed by atoms with E-state index in [1.54, 1.807) is 22.8 Å². The Morgan fingerprint density at radius 1 is 1.08 bits per heavy atom. The Morgan fingerprint density at radius 3 is 2.56 bits per heavy atom. The number of hydrogen-bond acceptors (Lipinski definition) is 9. The van der Waals surface area contributed by atoms with Crippen LogP contribution in [0.25, 0.3) is 16.8 Å². The average molecular weight is 553 g/mol. The molecular formula is C26H29FN8O3S. The highest BCUT2D eigenvalue weighted by atomic mass is 32.2. The number of carbonyl (C=O) groups excluding carboxylic acids is 1. The summed E-state index contributed by atoms with van der Waals surface area (Å²) in [6.45, 7) is 2.64. The second kappa shape index (κ2) is 10.9. The highest BCUT2D eigenvalue weighted by Gasteiger charge is 2.21. The Morgan fingerprint density at radius 2 is 1.85 bits per heavy atom. The molecule has 1 fully saturated rings. The normalized spacial score (nSPS) is 14.5. The van der Waals surface area contributed by atoms with Gasteiger partial charge in [0.2, 0.25) is 11.9 Å². The smallest absolute Gasteiger partial charge is 0.245 e. The number of piperazine rings is 1. The fraction of sp³-hybridized carbons (Fsp3) is 0.269. The predicted molar refractivity (Wildman–Crippen MR) is 149 cm³/mol. The van der Waals surface area contributed by atoms with Crippen molar-refractivity contribution in [2.75, 3.05) is 60.4 Å². The van der Waals surface area contributed by atoms with Gasteiger partial charge in [-0.15, -0.1) is 5.10 Å². The van der Waals surface area contributed by atoms with Crippen LogP contribution in [0, 0.1) is 5.82 Å². The first kappa shape index (κ1) is 26.4. The van der Waals surface area contributed by atoms with Crippen molar-refractivity contribution in [3.05, 3.63) is 66.6 Å². The first-order valence-electron chi connectivity index (χ1n) is 12.3. The zero-order valence-electron chi connectivity index (χ0n) is 21.3. The van der Waals surface area contributed by atoms with Gasteiger partial charge in [0, 0.05) is 49.4 Å². The third-order valence-corrected chi connectivity index (χ3v) is 7.09. The van der Waals surface area contributed by atoms with Gasteiger partial charge in [-0.05, 0) is 36.4 Å². The van der Waals surface area contributed by atoms with Crippen LogP contribution in [0.5, 0.6) is 0 Å². The summed E-state index contributed by atoms with van der Waals surface area (Å²) in [7, 11) is -3.22. The van der Waals surface area contributed by atoms with E-state index in [9.17, 15) is 13.2 Å². The van der Waals surface area contributed by atoms with E-state index in [4.69, 9.17) is 5.73 Å². The summed E-state index contributed by atoms with van der Waals surface area (Å²) < 4.78 is 40.1. The van der Waals surface area contributed by atoms with Crippen molar-refractivity contribution >= 4 is 44.3 Å². The number of benzene rings is 2. The molecule has 2 aromatic carbocycles. The van der Waals surface area contributed by atoms with Gasteiger partial charge in [0.25, 0.3) is 0 Å². The lowest BCUT2D eigenvalue weighted by molar-refractivity contribution is -0.119. The van der Waals surface area contributed by atoms with Crippen LogP contribution in [0.15, 0.2) is 60.8 Å². The van der Waals surface area contributed by atoms with Crippen LogP contribution in [-0.2, 0) is 14.6 Å². The first-order chi connectivity index (χ1) is 18.7. The summed E-state index contributed by atoms with van der Waals surface area (Å²) in [4.78, 5) is 19.4. The topological polar surface area (TPSA) is 138 Å². The van der Waals surface area contributed by atoms with E-state index in [1.165, 1.54) is 12.3 Å². The third-order valence-electron chi connectivity index (χ3n) is 6.42. The molecular weight excluding hydrogens is 523 g/mol. The van der Waals surface area contributed by atoms with E-state index in [0.717, 1.165) is 16.8 Å². The fourth-order valence-corrected chi connectivity index (χ4v) is 4.99. The first-order valence-corrected chi connectivity index (χ1v) is 14.4. The average Bonchev–Trinajstić information content (AvgIpc) is 3.31. The molecule has 0 atom stereocenters.